The highest BCUT2D eigenvalue weighted by atomic mass is 32.3. The van der Waals surface area contributed by atoms with Crippen molar-refractivity contribution in [2.75, 3.05) is 33.4 Å². The van der Waals surface area contributed by atoms with Gasteiger partial charge in [0.15, 0.2) is 0 Å². The number of likely N-dealkylation sites (N-methyl/N-ethyl adjacent to an activating group) is 1. The molecule has 11 heteroatoms. The van der Waals surface area contributed by atoms with E-state index in [4.69, 9.17) is 4.74 Å². The van der Waals surface area contributed by atoms with Crippen LogP contribution in [0.5, 0.6) is 0 Å². The average molecular weight is 690 g/mol. The van der Waals surface area contributed by atoms with Gasteiger partial charge in [0.1, 0.15) is 8.42 Å². The van der Waals surface area contributed by atoms with Gasteiger partial charge in [-0.25, -0.2) is 8.42 Å². The summed E-state index contributed by atoms with van der Waals surface area (Å²) in [5, 5.41) is 3.33. The minimum Gasteiger partial charge on any atom is -0.385 e. The molecule has 0 bridgehead atoms. The maximum atomic E-state index is 13.4. The minimum absolute atomic E-state index is 0.0140. The molecule has 1 aromatic rings. The first-order chi connectivity index (χ1) is 21.4. The number of hydrogen-bond acceptors (Lipinski definition) is 7. The number of nitrogens with one attached hydrogen (secondary N) is 1. The average Bonchev–Trinajstić information content (AvgIpc) is 3.50. The number of methoxy groups -OCH3 is 1. The van der Waals surface area contributed by atoms with Crippen molar-refractivity contribution in [1.29, 1.82) is 0 Å². The smallest absolute Gasteiger partial charge is 0.291 e. The highest BCUT2D eigenvalue weighted by Crippen LogP contribution is 2.44. The predicted molar refractivity (Wildman–Crippen MR) is 189 cm³/mol. The Morgan fingerprint density at radius 3 is 2.16 bits per heavy atom. The number of nitrogens with zero attached hydrogens (tertiary/aromatic N) is 2. The minimum atomic E-state index is -4.02. The van der Waals surface area contributed by atoms with Crippen LogP contribution in [0.4, 0.5) is 0 Å². The molecular formula is C34H63N3O5S3. The molecule has 8 nitrogen and oxygen atoms in total. The molecule has 0 amide bonds. The van der Waals surface area contributed by atoms with E-state index in [1.165, 1.54) is 36.1 Å². The second-order valence-corrected chi connectivity index (χ2v) is 17.9. The van der Waals surface area contributed by atoms with E-state index in [1.807, 2.05) is 6.92 Å². The van der Waals surface area contributed by atoms with Crippen molar-refractivity contribution in [2.24, 2.45) is 39.9 Å². The summed E-state index contributed by atoms with van der Waals surface area (Å²) in [4.78, 5) is 0. The van der Waals surface area contributed by atoms with Crippen molar-refractivity contribution < 1.29 is 21.6 Å². The largest absolute Gasteiger partial charge is 0.385 e. The maximum absolute atomic E-state index is 13.4. The van der Waals surface area contributed by atoms with E-state index in [9.17, 15) is 16.8 Å². The Kier molecular flexibility index (Phi) is 17.2. The molecule has 2 heterocycles. The van der Waals surface area contributed by atoms with Gasteiger partial charge < -0.3 is 10.1 Å². The summed E-state index contributed by atoms with van der Waals surface area (Å²) in [6, 6.07) is 1.24. The van der Waals surface area contributed by atoms with Crippen molar-refractivity contribution >= 4 is 37.6 Å². The lowest BCUT2D eigenvalue weighted by atomic mass is 9.63. The summed E-state index contributed by atoms with van der Waals surface area (Å²) < 4.78 is 64.3. The summed E-state index contributed by atoms with van der Waals surface area (Å²) >= 11 is 0.818. The van der Waals surface area contributed by atoms with Crippen LogP contribution in [0.25, 0.3) is 0 Å². The lowest BCUT2D eigenvalue weighted by molar-refractivity contribution is 0.0731. The van der Waals surface area contributed by atoms with Crippen molar-refractivity contribution in [3.8, 4) is 0 Å². The molecule has 0 radical (unpaired) electrons. The van der Waals surface area contributed by atoms with Crippen LogP contribution in [-0.4, -0.2) is 60.7 Å². The third-order valence-corrected chi connectivity index (χ3v) is 15.7. The molecule has 1 aliphatic rings. The van der Waals surface area contributed by atoms with Crippen LogP contribution in [0, 0.1) is 35.5 Å². The molecule has 0 saturated carbocycles. The monoisotopic (exact) mass is 689 g/mol. The second kappa shape index (κ2) is 19.2. The lowest BCUT2D eigenvalue weighted by Crippen LogP contribution is -2.43. The molecule has 262 valence electrons. The van der Waals surface area contributed by atoms with Crippen molar-refractivity contribution in [3.05, 3.63) is 11.6 Å². The fraction of sp³-hybridized carbons (Fsp3) is 0.853. The van der Waals surface area contributed by atoms with Gasteiger partial charge in [0, 0.05) is 44.6 Å². The van der Waals surface area contributed by atoms with Gasteiger partial charge in [-0.2, -0.15) is 17.1 Å². The number of rotatable bonds is 22. The second-order valence-electron chi connectivity index (χ2n) is 12.8. The summed E-state index contributed by atoms with van der Waals surface area (Å²) in [7, 11) is -6.23. The molecular weight excluding hydrogens is 627 g/mol. The van der Waals surface area contributed by atoms with Crippen LogP contribution >= 0.6 is 11.3 Å². The van der Waals surface area contributed by atoms with Crippen molar-refractivity contribution in [2.45, 2.75) is 128 Å². The first kappa shape index (κ1) is 40.3. The third-order valence-electron chi connectivity index (χ3n) is 10.4. The standard InChI is InChI=1S/C34H63N3O5S3/c1-10-25(8)27(12-3)29(14-5)30(15-6)28(13-4)26(11-2)19-17-20-36-44(38,39)33-23-31-32(35-16-7)24-37(21-18-22-42-9)45(40,41)34(31)43-33/h20,23,25-30,32,35H,10-19,21-22,24H2,1-9H3/t25?,26?,27?,28?,29?,30?,32-/m0/s1. The molecule has 0 spiro atoms. The van der Waals surface area contributed by atoms with Gasteiger partial charge in [0.2, 0.25) is 0 Å². The van der Waals surface area contributed by atoms with Crippen LogP contribution < -0.4 is 5.32 Å². The van der Waals surface area contributed by atoms with Crippen LogP contribution in [0.1, 0.15) is 125 Å². The van der Waals surface area contributed by atoms with Gasteiger partial charge in [-0.15, -0.1) is 11.3 Å². The Labute approximate surface area is 280 Å². The molecule has 1 aromatic heterocycles. The zero-order valence-corrected chi connectivity index (χ0v) is 32.0. The molecule has 7 atom stereocenters. The lowest BCUT2D eigenvalue weighted by Gasteiger charge is -2.42. The Bertz CT molecular complexity index is 1250. The first-order valence-electron chi connectivity index (χ1n) is 17.6. The fourth-order valence-corrected chi connectivity index (χ4v) is 12.7. The quantitative estimate of drug-likeness (QED) is 0.0973. The van der Waals surface area contributed by atoms with Gasteiger partial charge in [-0.3, -0.25) is 0 Å². The predicted octanol–water partition coefficient (Wildman–Crippen LogP) is 8.16. The number of sulfonamides is 2. The Hall–Kier alpha value is -0.850. The van der Waals surface area contributed by atoms with Gasteiger partial charge in [0.25, 0.3) is 20.0 Å². The molecule has 45 heavy (non-hydrogen) atoms. The number of thiophene rings is 1. The molecule has 2 rings (SSSR count). The summed E-state index contributed by atoms with van der Waals surface area (Å²) in [5.41, 5.74) is 0.523. The highest BCUT2D eigenvalue weighted by molar-refractivity contribution is 7.94. The topological polar surface area (TPSA) is 105 Å². The maximum Gasteiger partial charge on any atom is 0.291 e. The van der Waals surface area contributed by atoms with Crippen LogP contribution in [0.2, 0.25) is 0 Å². The van der Waals surface area contributed by atoms with E-state index in [1.54, 1.807) is 13.3 Å². The molecule has 0 aromatic carbocycles. The van der Waals surface area contributed by atoms with Gasteiger partial charge >= 0.3 is 0 Å². The molecule has 1 N–H and O–H groups in total. The molecule has 6 unspecified atom stereocenters. The van der Waals surface area contributed by atoms with E-state index >= 15 is 0 Å². The van der Waals surface area contributed by atoms with Gasteiger partial charge in [-0.05, 0) is 67.4 Å². The Morgan fingerprint density at radius 2 is 1.62 bits per heavy atom. The van der Waals surface area contributed by atoms with E-state index in [2.05, 4.69) is 58.2 Å². The van der Waals surface area contributed by atoms with E-state index in [-0.39, 0.29) is 21.0 Å². The van der Waals surface area contributed by atoms with E-state index < -0.39 is 20.0 Å². The SMILES string of the molecule is CCN[C@H]1CN(CCCOC)S(=O)(=O)c2sc(S(=O)(=O)N=CCCC(CC)C(CC)C(CC)C(CC)C(CC)C(C)CC)cc21. The molecule has 0 fully saturated rings. The van der Waals surface area contributed by atoms with Crippen LogP contribution in [0.3, 0.4) is 0 Å². The highest BCUT2D eigenvalue weighted by Gasteiger charge is 2.40. The van der Waals surface area contributed by atoms with Crippen molar-refractivity contribution in [1.82, 2.24) is 9.62 Å². The van der Waals surface area contributed by atoms with Gasteiger partial charge in [-0.1, -0.05) is 93.9 Å². The van der Waals surface area contributed by atoms with E-state index in [0.29, 0.717) is 67.7 Å². The third kappa shape index (κ3) is 10.1. The summed E-state index contributed by atoms with van der Waals surface area (Å²) in [6.07, 6.45) is 10.6. The van der Waals surface area contributed by atoms with Crippen molar-refractivity contribution in [3.63, 3.8) is 0 Å². The van der Waals surface area contributed by atoms with E-state index in [0.717, 1.165) is 36.5 Å². The zero-order valence-electron chi connectivity index (χ0n) is 29.5. The first-order valence-corrected chi connectivity index (χ1v) is 21.3. The number of ether oxygens (including phenoxy) is 1. The summed E-state index contributed by atoms with van der Waals surface area (Å²) in [6.45, 7) is 20.0. The molecule has 0 saturated heterocycles. The number of hydrogen-bond donors (Lipinski definition) is 1. The van der Waals surface area contributed by atoms with Crippen LogP contribution in [0.15, 0.2) is 18.9 Å². The number of fused-ring (bicyclic) bond motifs is 1. The molecule has 1 aliphatic heterocycles. The Balaban J connectivity index is 2.24. The fourth-order valence-electron chi connectivity index (χ4n) is 7.95. The summed E-state index contributed by atoms with van der Waals surface area (Å²) in [5.74, 6) is 3.90. The normalized spacial score (nSPS) is 21.3. The van der Waals surface area contributed by atoms with Crippen LogP contribution in [-0.2, 0) is 24.8 Å². The zero-order chi connectivity index (χ0) is 33.8. The molecule has 0 aliphatic carbocycles. The Morgan fingerprint density at radius 1 is 1.00 bits per heavy atom. The van der Waals surface area contributed by atoms with Gasteiger partial charge in [0.05, 0.1) is 0 Å².